The summed E-state index contributed by atoms with van der Waals surface area (Å²) < 4.78 is 29.8. The van der Waals surface area contributed by atoms with Crippen LogP contribution in [-0.2, 0) is 17.3 Å². The Morgan fingerprint density at radius 2 is 1.91 bits per heavy atom. The van der Waals surface area contributed by atoms with Crippen molar-refractivity contribution in [3.05, 3.63) is 63.4 Å². The Bertz CT molecular complexity index is 878. The minimum atomic E-state index is -3.93. The van der Waals surface area contributed by atoms with Crippen LogP contribution < -0.4 is 0 Å². The smallest absolute Gasteiger partial charge is 0.379 e. The van der Waals surface area contributed by atoms with E-state index in [9.17, 15) is 13.6 Å². The lowest BCUT2D eigenvalue weighted by Gasteiger charge is -2.12. The highest BCUT2D eigenvalue weighted by atomic mass is 127. The first-order valence-corrected chi connectivity index (χ1v) is 7.79. The standard InChI is InChI=1S/C16H11F2IN2O2/c17-16(18,15(22)23)11-6-7-12-13(8-11)21(20-14(12)19)9-10-4-2-1-3-5-10/h1-8H,9H2,(H,22,23). The first-order valence-electron chi connectivity index (χ1n) is 6.71. The van der Waals surface area contributed by atoms with E-state index in [1.54, 1.807) is 4.68 Å². The van der Waals surface area contributed by atoms with Crippen molar-refractivity contribution in [1.82, 2.24) is 9.78 Å². The molecular weight excluding hydrogens is 417 g/mol. The van der Waals surface area contributed by atoms with E-state index in [1.807, 2.05) is 52.9 Å². The molecule has 4 nitrogen and oxygen atoms in total. The number of carboxylic acids is 1. The van der Waals surface area contributed by atoms with Crippen molar-refractivity contribution in [3.63, 3.8) is 0 Å². The Hall–Kier alpha value is -2.03. The minimum Gasteiger partial charge on any atom is -0.477 e. The number of carbonyl (C=O) groups is 1. The van der Waals surface area contributed by atoms with Gasteiger partial charge in [-0.3, -0.25) is 4.68 Å². The molecule has 0 saturated heterocycles. The molecule has 0 amide bonds. The number of nitrogens with zero attached hydrogens (tertiary/aromatic N) is 2. The van der Waals surface area contributed by atoms with E-state index in [0.29, 0.717) is 21.1 Å². The van der Waals surface area contributed by atoms with Crippen molar-refractivity contribution in [2.45, 2.75) is 12.5 Å². The molecule has 0 spiro atoms. The van der Waals surface area contributed by atoms with Gasteiger partial charge in [-0.2, -0.15) is 13.9 Å². The summed E-state index contributed by atoms with van der Waals surface area (Å²) in [6, 6.07) is 13.3. The third kappa shape index (κ3) is 2.92. The molecule has 7 heteroatoms. The summed E-state index contributed by atoms with van der Waals surface area (Å²) >= 11 is 2.03. The summed E-state index contributed by atoms with van der Waals surface area (Å²) in [5.41, 5.74) is 0.906. The number of hydrogen-bond acceptors (Lipinski definition) is 2. The average molecular weight is 428 g/mol. The summed E-state index contributed by atoms with van der Waals surface area (Å²) in [7, 11) is 0. The predicted molar refractivity (Wildman–Crippen MR) is 89.5 cm³/mol. The molecule has 0 fully saturated rings. The van der Waals surface area contributed by atoms with Crippen molar-refractivity contribution in [2.75, 3.05) is 0 Å². The first kappa shape index (κ1) is 15.9. The second-order valence-electron chi connectivity index (χ2n) is 5.05. The van der Waals surface area contributed by atoms with Crippen LogP contribution in [0.4, 0.5) is 8.78 Å². The third-order valence-corrected chi connectivity index (χ3v) is 4.31. The second kappa shape index (κ2) is 5.88. The van der Waals surface area contributed by atoms with Crippen molar-refractivity contribution < 1.29 is 18.7 Å². The fourth-order valence-electron chi connectivity index (χ4n) is 2.33. The van der Waals surface area contributed by atoms with Crippen LogP contribution in [0.15, 0.2) is 48.5 Å². The molecule has 0 aliphatic carbocycles. The zero-order valence-electron chi connectivity index (χ0n) is 11.7. The van der Waals surface area contributed by atoms with E-state index in [1.165, 1.54) is 12.1 Å². The van der Waals surface area contributed by atoms with Gasteiger partial charge in [0, 0.05) is 10.9 Å². The summed E-state index contributed by atoms with van der Waals surface area (Å²) in [5, 5.41) is 13.8. The summed E-state index contributed by atoms with van der Waals surface area (Å²) in [6.45, 7) is 0.419. The van der Waals surface area contributed by atoms with E-state index < -0.39 is 17.5 Å². The van der Waals surface area contributed by atoms with Crippen molar-refractivity contribution in [2.24, 2.45) is 0 Å². The molecule has 1 heterocycles. The number of halogens is 3. The number of benzene rings is 2. The fraction of sp³-hybridized carbons (Fsp3) is 0.125. The zero-order valence-corrected chi connectivity index (χ0v) is 13.9. The number of rotatable bonds is 4. The molecule has 0 aliphatic rings. The van der Waals surface area contributed by atoms with Gasteiger partial charge in [-0.05, 0) is 40.3 Å². The molecule has 3 aromatic rings. The number of aliphatic carboxylic acids is 1. The van der Waals surface area contributed by atoms with Crippen molar-refractivity contribution in [3.8, 4) is 0 Å². The Balaban J connectivity index is 2.10. The molecule has 0 saturated carbocycles. The summed E-state index contributed by atoms with van der Waals surface area (Å²) in [4.78, 5) is 10.8. The normalized spacial score (nSPS) is 11.8. The maximum atomic E-state index is 13.7. The van der Waals surface area contributed by atoms with Crippen LogP contribution in [0.2, 0.25) is 0 Å². The Labute approximate surface area is 143 Å². The van der Waals surface area contributed by atoms with Gasteiger partial charge in [0.1, 0.15) is 3.70 Å². The van der Waals surface area contributed by atoms with Crippen LogP contribution in [-0.4, -0.2) is 20.9 Å². The molecule has 1 aromatic heterocycles. The quantitative estimate of drug-likeness (QED) is 0.643. The summed E-state index contributed by atoms with van der Waals surface area (Å²) in [5.74, 6) is -6.10. The number of hydrogen-bond donors (Lipinski definition) is 1. The molecule has 0 bridgehead atoms. The number of alkyl halides is 2. The fourth-order valence-corrected chi connectivity index (χ4v) is 3.05. The van der Waals surface area contributed by atoms with Crippen LogP contribution in [0.5, 0.6) is 0 Å². The lowest BCUT2D eigenvalue weighted by Crippen LogP contribution is -2.25. The topological polar surface area (TPSA) is 55.1 Å². The van der Waals surface area contributed by atoms with Crippen LogP contribution in [0.1, 0.15) is 11.1 Å². The Morgan fingerprint density at radius 1 is 1.22 bits per heavy atom. The molecule has 1 N–H and O–H groups in total. The van der Waals surface area contributed by atoms with Crippen LogP contribution in [0.3, 0.4) is 0 Å². The second-order valence-corrected chi connectivity index (χ2v) is 6.07. The lowest BCUT2D eigenvalue weighted by molar-refractivity contribution is -0.166. The maximum absolute atomic E-state index is 13.7. The highest BCUT2D eigenvalue weighted by Crippen LogP contribution is 2.32. The van der Waals surface area contributed by atoms with E-state index in [4.69, 9.17) is 5.11 Å². The number of carboxylic acid groups (broad SMARTS) is 1. The molecule has 0 radical (unpaired) electrons. The Morgan fingerprint density at radius 3 is 2.57 bits per heavy atom. The van der Waals surface area contributed by atoms with Gasteiger partial charge in [-0.1, -0.05) is 36.4 Å². The van der Waals surface area contributed by atoms with E-state index in [0.717, 1.165) is 11.6 Å². The highest BCUT2D eigenvalue weighted by molar-refractivity contribution is 14.1. The highest BCUT2D eigenvalue weighted by Gasteiger charge is 2.41. The zero-order chi connectivity index (χ0) is 16.6. The largest absolute Gasteiger partial charge is 0.477 e. The molecule has 23 heavy (non-hydrogen) atoms. The monoisotopic (exact) mass is 428 g/mol. The van der Waals surface area contributed by atoms with Gasteiger partial charge in [0.25, 0.3) is 0 Å². The van der Waals surface area contributed by atoms with Gasteiger partial charge < -0.3 is 5.11 Å². The summed E-state index contributed by atoms with van der Waals surface area (Å²) in [6.07, 6.45) is 0. The SMILES string of the molecule is O=C(O)C(F)(F)c1ccc2c(I)nn(Cc3ccccc3)c2c1. The third-order valence-electron chi connectivity index (χ3n) is 3.51. The van der Waals surface area contributed by atoms with Gasteiger partial charge in [-0.15, -0.1) is 0 Å². The van der Waals surface area contributed by atoms with Crippen LogP contribution in [0.25, 0.3) is 10.9 Å². The van der Waals surface area contributed by atoms with Crippen molar-refractivity contribution >= 4 is 39.5 Å². The van der Waals surface area contributed by atoms with Gasteiger partial charge in [0.2, 0.25) is 0 Å². The minimum absolute atomic E-state index is 0.419. The molecule has 0 unspecified atom stereocenters. The average Bonchev–Trinajstić information content (AvgIpc) is 2.84. The van der Waals surface area contributed by atoms with E-state index in [-0.39, 0.29) is 0 Å². The first-order chi connectivity index (χ1) is 10.9. The number of aromatic nitrogens is 2. The molecule has 118 valence electrons. The molecular formula is C16H11F2IN2O2. The van der Waals surface area contributed by atoms with Crippen LogP contribution in [0, 0.1) is 3.70 Å². The van der Waals surface area contributed by atoms with Gasteiger partial charge in [-0.25, -0.2) is 4.79 Å². The van der Waals surface area contributed by atoms with E-state index >= 15 is 0 Å². The lowest BCUT2D eigenvalue weighted by atomic mass is 10.1. The van der Waals surface area contributed by atoms with Crippen molar-refractivity contribution in [1.29, 1.82) is 0 Å². The predicted octanol–water partition coefficient (Wildman–Crippen LogP) is 3.87. The van der Waals surface area contributed by atoms with Gasteiger partial charge in [0.05, 0.1) is 12.1 Å². The maximum Gasteiger partial charge on any atom is 0.379 e. The Kier molecular flexibility index (Phi) is 4.05. The molecule has 0 aliphatic heterocycles. The van der Waals surface area contributed by atoms with E-state index in [2.05, 4.69) is 5.10 Å². The van der Waals surface area contributed by atoms with Gasteiger partial charge in [0.15, 0.2) is 0 Å². The van der Waals surface area contributed by atoms with Crippen LogP contribution >= 0.6 is 22.6 Å². The molecule has 3 rings (SSSR count). The molecule has 0 atom stereocenters. The molecule has 2 aromatic carbocycles. The van der Waals surface area contributed by atoms with Gasteiger partial charge >= 0.3 is 11.9 Å². The number of fused-ring (bicyclic) bond motifs is 1.